The Morgan fingerprint density at radius 2 is 1.87 bits per heavy atom. The first kappa shape index (κ1) is 11.0. The quantitative estimate of drug-likeness (QED) is 0.652. The standard InChI is InChI=1S/C13H10ClI/c1-9-5-6-12(15)8-13(9)10-3-2-4-11(14)7-10/h2-8H,1H3. The largest absolute Gasteiger partial charge is 0.0843 e. The Hall–Kier alpha value is -0.540. The fraction of sp³-hybridized carbons (Fsp3) is 0.0769. The van der Waals surface area contributed by atoms with Crippen LogP contribution in [0.3, 0.4) is 0 Å². The number of halogens is 2. The highest BCUT2D eigenvalue weighted by molar-refractivity contribution is 14.1. The van der Waals surface area contributed by atoms with Gasteiger partial charge in [0, 0.05) is 8.59 Å². The van der Waals surface area contributed by atoms with Crippen LogP contribution in [0.4, 0.5) is 0 Å². The lowest BCUT2D eigenvalue weighted by atomic mass is 10.0. The maximum atomic E-state index is 5.98. The van der Waals surface area contributed by atoms with Crippen molar-refractivity contribution in [3.05, 3.63) is 56.6 Å². The van der Waals surface area contributed by atoms with Gasteiger partial charge in [-0.3, -0.25) is 0 Å². The Morgan fingerprint density at radius 1 is 1.07 bits per heavy atom. The Bertz CT molecular complexity index is 492. The van der Waals surface area contributed by atoms with E-state index >= 15 is 0 Å². The molecule has 0 fully saturated rings. The molecule has 0 radical (unpaired) electrons. The van der Waals surface area contributed by atoms with E-state index in [0.29, 0.717) is 0 Å². The molecule has 0 spiro atoms. The Kier molecular flexibility index (Phi) is 3.32. The van der Waals surface area contributed by atoms with Crippen LogP contribution in [0.5, 0.6) is 0 Å². The van der Waals surface area contributed by atoms with Gasteiger partial charge in [0.05, 0.1) is 0 Å². The van der Waals surface area contributed by atoms with Crippen LogP contribution in [0, 0.1) is 10.5 Å². The third-order valence-electron chi connectivity index (χ3n) is 2.34. The van der Waals surface area contributed by atoms with Crippen molar-refractivity contribution in [1.82, 2.24) is 0 Å². The Labute approximate surface area is 108 Å². The molecule has 0 atom stereocenters. The maximum absolute atomic E-state index is 5.98. The molecule has 15 heavy (non-hydrogen) atoms. The fourth-order valence-electron chi connectivity index (χ4n) is 1.56. The van der Waals surface area contributed by atoms with Gasteiger partial charge in [-0.2, -0.15) is 0 Å². The van der Waals surface area contributed by atoms with Gasteiger partial charge in [0.15, 0.2) is 0 Å². The van der Waals surface area contributed by atoms with Crippen LogP contribution in [-0.4, -0.2) is 0 Å². The van der Waals surface area contributed by atoms with Crippen LogP contribution in [0.15, 0.2) is 42.5 Å². The van der Waals surface area contributed by atoms with E-state index < -0.39 is 0 Å². The Balaban J connectivity index is 2.58. The van der Waals surface area contributed by atoms with E-state index in [9.17, 15) is 0 Å². The molecule has 0 saturated carbocycles. The smallest absolute Gasteiger partial charge is 0.0412 e. The summed E-state index contributed by atoms with van der Waals surface area (Å²) >= 11 is 8.31. The van der Waals surface area contributed by atoms with Gasteiger partial charge in [-0.1, -0.05) is 29.8 Å². The average Bonchev–Trinajstić information content (AvgIpc) is 2.22. The molecule has 0 aliphatic carbocycles. The van der Waals surface area contributed by atoms with Gasteiger partial charge in [0.1, 0.15) is 0 Å². The lowest BCUT2D eigenvalue weighted by molar-refractivity contribution is 1.44. The van der Waals surface area contributed by atoms with Gasteiger partial charge >= 0.3 is 0 Å². The molecule has 2 heteroatoms. The van der Waals surface area contributed by atoms with Crippen molar-refractivity contribution >= 4 is 34.2 Å². The van der Waals surface area contributed by atoms with Gasteiger partial charge in [0.25, 0.3) is 0 Å². The molecule has 0 aromatic heterocycles. The van der Waals surface area contributed by atoms with E-state index in [2.05, 4.69) is 53.8 Å². The summed E-state index contributed by atoms with van der Waals surface area (Å²) in [4.78, 5) is 0. The summed E-state index contributed by atoms with van der Waals surface area (Å²) in [5.41, 5.74) is 3.71. The van der Waals surface area contributed by atoms with Crippen LogP contribution >= 0.6 is 34.2 Å². The topological polar surface area (TPSA) is 0 Å². The zero-order chi connectivity index (χ0) is 10.8. The van der Waals surface area contributed by atoms with E-state index in [-0.39, 0.29) is 0 Å². The first-order valence-corrected chi connectivity index (χ1v) is 6.14. The SMILES string of the molecule is Cc1ccc(I)cc1-c1cccc(Cl)c1. The predicted molar refractivity (Wildman–Crippen MR) is 74.3 cm³/mol. The molecule has 0 unspecified atom stereocenters. The average molecular weight is 329 g/mol. The van der Waals surface area contributed by atoms with Crippen molar-refractivity contribution in [1.29, 1.82) is 0 Å². The number of hydrogen-bond donors (Lipinski definition) is 0. The van der Waals surface area contributed by atoms with Crippen molar-refractivity contribution in [2.45, 2.75) is 6.92 Å². The van der Waals surface area contributed by atoms with E-state index in [1.807, 2.05) is 18.2 Å². The fourth-order valence-corrected chi connectivity index (χ4v) is 2.24. The molecule has 0 bridgehead atoms. The second kappa shape index (κ2) is 4.54. The lowest BCUT2D eigenvalue weighted by Crippen LogP contribution is -1.84. The summed E-state index contributed by atoms with van der Waals surface area (Å²) in [5, 5.41) is 0.783. The summed E-state index contributed by atoms with van der Waals surface area (Å²) in [5.74, 6) is 0. The maximum Gasteiger partial charge on any atom is 0.0412 e. The zero-order valence-corrected chi connectivity index (χ0v) is 11.2. The van der Waals surface area contributed by atoms with E-state index in [4.69, 9.17) is 11.6 Å². The molecule has 2 aromatic carbocycles. The predicted octanol–water partition coefficient (Wildman–Crippen LogP) is 4.92. The molecule has 0 saturated heterocycles. The van der Waals surface area contributed by atoms with E-state index in [0.717, 1.165) is 5.02 Å². The second-order valence-corrected chi connectivity index (χ2v) is 5.15. The number of benzene rings is 2. The first-order chi connectivity index (χ1) is 7.16. The third kappa shape index (κ3) is 2.52. The minimum atomic E-state index is 0.783. The van der Waals surface area contributed by atoms with Crippen LogP contribution in [0.2, 0.25) is 5.02 Å². The highest BCUT2D eigenvalue weighted by Crippen LogP contribution is 2.27. The molecule has 0 N–H and O–H groups in total. The van der Waals surface area contributed by atoms with Crippen molar-refractivity contribution in [3.63, 3.8) is 0 Å². The third-order valence-corrected chi connectivity index (χ3v) is 3.24. The van der Waals surface area contributed by atoms with Crippen LogP contribution in [0.25, 0.3) is 11.1 Å². The van der Waals surface area contributed by atoms with Crippen molar-refractivity contribution in [2.24, 2.45) is 0 Å². The summed E-state index contributed by atoms with van der Waals surface area (Å²) in [6.45, 7) is 2.12. The van der Waals surface area contributed by atoms with Crippen LogP contribution in [-0.2, 0) is 0 Å². The van der Waals surface area contributed by atoms with Gasteiger partial charge in [-0.15, -0.1) is 0 Å². The van der Waals surface area contributed by atoms with Crippen LogP contribution < -0.4 is 0 Å². The highest BCUT2D eigenvalue weighted by atomic mass is 127. The van der Waals surface area contributed by atoms with E-state index in [1.165, 1.54) is 20.3 Å². The normalized spacial score (nSPS) is 10.3. The molecular formula is C13H10ClI. The summed E-state index contributed by atoms with van der Waals surface area (Å²) in [6, 6.07) is 14.4. The highest BCUT2D eigenvalue weighted by Gasteiger charge is 2.02. The van der Waals surface area contributed by atoms with Crippen molar-refractivity contribution < 1.29 is 0 Å². The second-order valence-electron chi connectivity index (χ2n) is 3.47. The molecule has 2 rings (SSSR count). The van der Waals surface area contributed by atoms with Crippen molar-refractivity contribution in [2.75, 3.05) is 0 Å². The molecule has 0 aliphatic heterocycles. The molecule has 0 aliphatic rings. The number of rotatable bonds is 1. The zero-order valence-electron chi connectivity index (χ0n) is 8.30. The molecule has 0 heterocycles. The minimum Gasteiger partial charge on any atom is -0.0843 e. The molecule has 0 nitrogen and oxygen atoms in total. The molecule has 2 aromatic rings. The summed E-state index contributed by atoms with van der Waals surface area (Å²) in [7, 11) is 0. The Morgan fingerprint density at radius 3 is 2.60 bits per heavy atom. The molecule has 0 amide bonds. The van der Waals surface area contributed by atoms with Gasteiger partial charge in [-0.05, 0) is 70.5 Å². The van der Waals surface area contributed by atoms with Gasteiger partial charge in [-0.25, -0.2) is 0 Å². The van der Waals surface area contributed by atoms with Gasteiger partial charge in [0.2, 0.25) is 0 Å². The van der Waals surface area contributed by atoms with Crippen molar-refractivity contribution in [3.8, 4) is 11.1 Å². The molecule has 76 valence electrons. The molecular weight excluding hydrogens is 319 g/mol. The lowest BCUT2D eigenvalue weighted by Gasteiger charge is -2.06. The summed E-state index contributed by atoms with van der Waals surface area (Å²) in [6.07, 6.45) is 0. The monoisotopic (exact) mass is 328 g/mol. The minimum absolute atomic E-state index is 0.783. The summed E-state index contributed by atoms with van der Waals surface area (Å²) < 4.78 is 1.24. The van der Waals surface area contributed by atoms with E-state index in [1.54, 1.807) is 0 Å². The van der Waals surface area contributed by atoms with Gasteiger partial charge < -0.3 is 0 Å². The number of aryl methyl sites for hydroxylation is 1. The number of hydrogen-bond acceptors (Lipinski definition) is 0. The first-order valence-electron chi connectivity index (χ1n) is 4.69. The van der Waals surface area contributed by atoms with Crippen LogP contribution in [0.1, 0.15) is 5.56 Å².